The van der Waals surface area contributed by atoms with E-state index in [4.69, 9.17) is 21.1 Å². The van der Waals surface area contributed by atoms with Crippen molar-refractivity contribution in [1.29, 1.82) is 0 Å². The number of thioether (sulfide) groups is 1. The van der Waals surface area contributed by atoms with Crippen molar-refractivity contribution < 1.29 is 18.7 Å². The molecule has 0 fully saturated rings. The molecular formula is C24H19ClFN3O3S. The number of nitrogens with zero attached hydrogens (tertiary/aromatic N) is 2. The first-order chi connectivity index (χ1) is 16.0. The van der Waals surface area contributed by atoms with Gasteiger partial charge in [0, 0.05) is 22.4 Å². The summed E-state index contributed by atoms with van der Waals surface area (Å²) in [5.74, 6) is 0.408. The third-order valence-corrected chi connectivity index (χ3v) is 6.14. The first-order valence-electron chi connectivity index (χ1n) is 9.85. The molecular weight excluding hydrogens is 465 g/mol. The van der Waals surface area contributed by atoms with Gasteiger partial charge in [0.25, 0.3) is 0 Å². The summed E-state index contributed by atoms with van der Waals surface area (Å²) in [6.45, 7) is 0. The summed E-state index contributed by atoms with van der Waals surface area (Å²) in [6.07, 6.45) is 0. The van der Waals surface area contributed by atoms with Gasteiger partial charge in [-0.15, -0.1) is 10.2 Å². The van der Waals surface area contributed by atoms with Crippen LogP contribution in [0.15, 0.2) is 65.7 Å². The summed E-state index contributed by atoms with van der Waals surface area (Å²) in [4.78, 5) is 12.6. The van der Waals surface area contributed by atoms with Crippen molar-refractivity contribution >= 4 is 45.7 Å². The Morgan fingerprint density at radius 2 is 1.70 bits per heavy atom. The van der Waals surface area contributed by atoms with Gasteiger partial charge < -0.3 is 14.8 Å². The molecule has 0 saturated heterocycles. The molecule has 0 unspecified atom stereocenters. The van der Waals surface area contributed by atoms with Gasteiger partial charge >= 0.3 is 0 Å². The van der Waals surface area contributed by atoms with Crippen molar-refractivity contribution in [3.05, 3.63) is 71.5 Å². The third-order valence-electron chi connectivity index (χ3n) is 4.86. The molecule has 4 aromatic rings. The predicted molar refractivity (Wildman–Crippen MR) is 129 cm³/mol. The van der Waals surface area contributed by atoms with Gasteiger partial charge in [0.15, 0.2) is 0 Å². The lowest BCUT2D eigenvalue weighted by molar-refractivity contribution is -0.113. The highest BCUT2D eigenvalue weighted by Crippen LogP contribution is 2.36. The van der Waals surface area contributed by atoms with Gasteiger partial charge in [0.1, 0.15) is 28.0 Å². The van der Waals surface area contributed by atoms with Crippen molar-refractivity contribution in [2.24, 2.45) is 0 Å². The maximum Gasteiger partial charge on any atom is 0.234 e. The number of ether oxygens (including phenoxy) is 2. The Morgan fingerprint density at radius 1 is 1.00 bits per heavy atom. The lowest BCUT2D eigenvalue weighted by Gasteiger charge is -2.13. The molecule has 6 nitrogen and oxygen atoms in total. The highest BCUT2D eigenvalue weighted by molar-refractivity contribution is 8.00. The van der Waals surface area contributed by atoms with Crippen LogP contribution in [0.3, 0.4) is 0 Å². The van der Waals surface area contributed by atoms with E-state index in [2.05, 4.69) is 15.5 Å². The fraction of sp³-hybridized carbons (Fsp3) is 0.125. The molecule has 1 heterocycles. The van der Waals surface area contributed by atoms with Crippen molar-refractivity contribution in [3.63, 3.8) is 0 Å². The minimum absolute atomic E-state index is 0.0986. The van der Waals surface area contributed by atoms with Crippen molar-refractivity contribution in [3.8, 4) is 22.8 Å². The number of carbonyl (C=O) groups is 1. The van der Waals surface area contributed by atoms with Gasteiger partial charge in [0.05, 0.1) is 30.7 Å². The molecule has 0 aliphatic carbocycles. The second kappa shape index (κ2) is 10.1. The minimum atomic E-state index is -0.316. The molecule has 0 bridgehead atoms. The maximum absolute atomic E-state index is 13.3. The molecule has 0 atom stereocenters. The Morgan fingerprint density at radius 3 is 2.39 bits per heavy atom. The number of rotatable bonds is 7. The van der Waals surface area contributed by atoms with E-state index in [0.29, 0.717) is 32.9 Å². The number of benzene rings is 3. The average molecular weight is 484 g/mol. The zero-order valence-corrected chi connectivity index (χ0v) is 19.3. The molecule has 0 spiro atoms. The largest absolute Gasteiger partial charge is 0.495 e. The molecule has 0 radical (unpaired) electrons. The fourth-order valence-electron chi connectivity index (χ4n) is 3.28. The molecule has 9 heteroatoms. The van der Waals surface area contributed by atoms with Crippen LogP contribution in [0.4, 0.5) is 10.1 Å². The van der Waals surface area contributed by atoms with E-state index >= 15 is 0 Å². The lowest BCUT2D eigenvalue weighted by Crippen LogP contribution is -2.15. The van der Waals surface area contributed by atoms with E-state index in [0.717, 1.165) is 16.3 Å². The summed E-state index contributed by atoms with van der Waals surface area (Å²) in [5, 5.41) is 14.2. The summed E-state index contributed by atoms with van der Waals surface area (Å²) in [5.41, 5.74) is 1.85. The first kappa shape index (κ1) is 22.8. The van der Waals surface area contributed by atoms with Crippen LogP contribution >= 0.6 is 23.4 Å². The Labute approximate surface area is 199 Å². The number of nitrogens with one attached hydrogen (secondary N) is 1. The first-order valence-corrected chi connectivity index (χ1v) is 11.2. The standard InChI is InChI=1S/C24H19ClFN3O3S/c1-31-20-12-21(32-2)19(11-18(20)25)27-22(30)13-33-24-17-6-4-3-5-16(17)23(28-29-24)14-7-9-15(26)10-8-14/h3-12H,13H2,1-2H3,(H,27,30). The van der Waals surface area contributed by atoms with Gasteiger partial charge in [0.2, 0.25) is 5.91 Å². The zero-order valence-electron chi connectivity index (χ0n) is 17.8. The van der Waals surface area contributed by atoms with Crippen LogP contribution in [0.1, 0.15) is 0 Å². The lowest BCUT2D eigenvalue weighted by atomic mass is 10.1. The van der Waals surface area contributed by atoms with E-state index in [9.17, 15) is 9.18 Å². The van der Waals surface area contributed by atoms with Crippen LogP contribution < -0.4 is 14.8 Å². The number of aromatic nitrogens is 2. The summed E-state index contributed by atoms with van der Waals surface area (Å²) < 4.78 is 23.8. The van der Waals surface area contributed by atoms with Gasteiger partial charge in [-0.1, -0.05) is 47.6 Å². The van der Waals surface area contributed by atoms with E-state index < -0.39 is 0 Å². The monoisotopic (exact) mass is 483 g/mol. The molecule has 0 aliphatic rings. The maximum atomic E-state index is 13.3. The van der Waals surface area contributed by atoms with Gasteiger partial charge in [-0.2, -0.15) is 0 Å². The van der Waals surface area contributed by atoms with E-state index in [1.165, 1.54) is 38.1 Å². The average Bonchev–Trinajstić information content (AvgIpc) is 2.83. The van der Waals surface area contributed by atoms with Crippen LogP contribution in [0.25, 0.3) is 22.0 Å². The number of methoxy groups -OCH3 is 2. The zero-order chi connectivity index (χ0) is 23.4. The predicted octanol–water partition coefficient (Wildman–Crippen LogP) is 5.84. The van der Waals surface area contributed by atoms with Crippen LogP contribution in [0.5, 0.6) is 11.5 Å². The Balaban J connectivity index is 1.54. The van der Waals surface area contributed by atoms with Crippen molar-refractivity contribution in [1.82, 2.24) is 10.2 Å². The number of hydrogen-bond acceptors (Lipinski definition) is 6. The molecule has 3 aromatic carbocycles. The second-order valence-corrected chi connectivity index (χ2v) is 8.30. The summed E-state index contributed by atoms with van der Waals surface area (Å²) >= 11 is 7.44. The number of amides is 1. The minimum Gasteiger partial charge on any atom is -0.495 e. The number of carbonyl (C=O) groups excluding carboxylic acids is 1. The normalized spacial score (nSPS) is 10.8. The third kappa shape index (κ3) is 5.02. The van der Waals surface area contributed by atoms with Crippen molar-refractivity contribution in [2.45, 2.75) is 5.03 Å². The Kier molecular flexibility index (Phi) is 6.96. The van der Waals surface area contributed by atoms with Crippen molar-refractivity contribution in [2.75, 3.05) is 25.3 Å². The molecule has 0 saturated carbocycles. The topological polar surface area (TPSA) is 73.3 Å². The van der Waals surface area contributed by atoms with E-state index in [-0.39, 0.29) is 17.5 Å². The highest BCUT2D eigenvalue weighted by atomic mass is 35.5. The summed E-state index contributed by atoms with van der Waals surface area (Å²) in [6, 6.07) is 16.9. The van der Waals surface area contributed by atoms with Gasteiger partial charge in [-0.05, 0) is 30.3 Å². The summed E-state index contributed by atoms with van der Waals surface area (Å²) in [7, 11) is 3.00. The van der Waals surface area contributed by atoms with Crippen LogP contribution in [0.2, 0.25) is 5.02 Å². The molecule has 0 aliphatic heterocycles. The highest BCUT2D eigenvalue weighted by Gasteiger charge is 2.15. The van der Waals surface area contributed by atoms with Crippen LogP contribution in [-0.4, -0.2) is 36.1 Å². The molecule has 1 N–H and O–H groups in total. The Hall–Kier alpha value is -3.36. The van der Waals surface area contributed by atoms with E-state index in [1.54, 1.807) is 24.3 Å². The number of fused-ring (bicyclic) bond motifs is 1. The van der Waals surface area contributed by atoms with Gasteiger partial charge in [-0.3, -0.25) is 4.79 Å². The molecule has 1 aromatic heterocycles. The number of hydrogen-bond donors (Lipinski definition) is 1. The molecule has 168 valence electrons. The quantitative estimate of drug-likeness (QED) is 0.333. The smallest absolute Gasteiger partial charge is 0.234 e. The molecule has 33 heavy (non-hydrogen) atoms. The second-order valence-electron chi connectivity index (χ2n) is 6.93. The van der Waals surface area contributed by atoms with Gasteiger partial charge in [-0.25, -0.2) is 4.39 Å². The van der Waals surface area contributed by atoms with E-state index in [1.807, 2.05) is 24.3 Å². The molecule has 1 amide bonds. The Bertz CT molecular complexity index is 1320. The fourth-order valence-corrected chi connectivity index (χ4v) is 4.30. The SMILES string of the molecule is COc1cc(OC)c(NC(=O)CSc2nnc(-c3ccc(F)cc3)c3ccccc23)cc1Cl. The molecule has 4 rings (SSSR count). The number of halogens is 2. The van der Waals surface area contributed by atoms with Crippen LogP contribution in [0, 0.1) is 5.82 Å². The van der Waals surface area contributed by atoms with Crippen LogP contribution in [-0.2, 0) is 4.79 Å². The number of anilines is 1.